The molecule has 1 aromatic rings. The van der Waals surface area contributed by atoms with Crippen molar-refractivity contribution >= 4 is 11.6 Å². The zero-order valence-electron chi connectivity index (χ0n) is 11.4. The highest BCUT2D eigenvalue weighted by atomic mass is 16.2. The molecule has 1 saturated heterocycles. The molecule has 1 fully saturated rings. The van der Waals surface area contributed by atoms with Gasteiger partial charge in [-0.3, -0.25) is 4.79 Å². The van der Waals surface area contributed by atoms with E-state index in [1.807, 2.05) is 17.9 Å². The fraction of sp³-hybridized carbons (Fsp3) is 0.571. The number of hydrogen-bond donors (Lipinski definition) is 1. The van der Waals surface area contributed by atoms with E-state index < -0.39 is 0 Å². The average molecular weight is 247 g/mol. The molecular weight excluding hydrogens is 226 g/mol. The summed E-state index contributed by atoms with van der Waals surface area (Å²) in [5.41, 5.74) is 1.44. The number of aromatic nitrogens is 1. The van der Waals surface area contributed by atoms with Crippen LogP contribution in [0.4, 0.5) is 5.69 Å². The molecular formula is C14H21N3O. The maximum Gasteiger partial charge on any atom is 0.272 e. The maximum absolute atomic E-state index is 12.4. The summed E-state index contributed by atoms with van der Waals surface area (Å²) < 4.78 is 0. The largest absolute Gasteiger partial charge is 0.384 e. The van der Waals surface area contributed by atoms with Gasteiger partial charge in [-0.1, -0.05) is 0 Å². The molecule has 1 aromatic heterocycles. The predicted molar refractivity (Wildman–Crippen MR) is 72.8 cm³/mol. The van der Waals surface area contributed by atoms with Crippen molar-refractivity contribution in [2.75, 3.05) is 18.4 Å². The van der Waals surface area contributed by atoms with Crippen molar-refractivity contribution in [2.24, 2.45) is 0 Å². The highest BCUT2D eigenvalue weighted by Crippen LogP contribution is 2.29. The van der Waals surface area contributed by atoms with Crippen molar-refractivity contribution in [2.45, 2.75) is 39.2 Å². The van der Waals surface area contributed by atoms with Crippen LogP contribution in [0.25, 0.3) is 0 Å². The number of nitrogens with one attached hydrogen (secondary N) is 1. The Morgan fingerprint density at radius 3 is 2.78 bits per heavy atom. The van der Waals surface area contributed by atoms with Crippen LogP contribution in [0.1, 0.15) is 44.1 Å². The molecule has 4 heteroatoms. The molecule has 0 aliphatic carbocycles. The van der Waals surface area contributed by atoms with Crippen molar-refractivity contribution in [3.63, 3.8) is 0 Å². The van der Waals surface area contributed by atoms with Crippen LogP contribution in [-0.2, 0) is 0 Å². The zero-order chi connectivity index (χ0) is 13.2. The van der Waals surface area contributed by atoms with Crippen LogP contribution in [-0.4, -0.2) is 34.4 Å². The van der Waals surface area contributed by atoms with Gasteiger partial charge in [0.1, 0.15) is 5.69 Å². The minimum atomic E-state index is -0.0426. The molecule has 1 aliphatic rings. The third-order valence-electron chi connectivity index (χ3n) is 3.51. The van der Waals surface area contributed by atoms with Gasteiger partial charge in [0.2, 0.25) is 0 Å². The van der Waals surface area contributed by atoms with Gasteiger partial charge in [-0.15, -0.1) is 0 Å². The van der Waals surface area contributed by atoms with Crippen LogP contribution in [0.15, 0.2) is 18.3 Å². The number of likely N-dealkylation sites (tertiary alicyclic amines) is 1. The van der Waals surface area contributed by atoms with E-state index in [-0.39, 0.29) is 11.4 Å². The number of anilines is 1. The van der Waals surface area contributed by atoms with E-state index >= 15 is 0 Å². The summed E-state index contributed by atoms with van der Waals surface area (Å²) >= 11 is 0. The highest BCUT2D eigenvalue weighted by molar-refractivity contribution is 5.93. The second-order valence-corrected chi connectivity index (χ2v) is 5.34. The number of carbonyl (C=O) groups is 1. The molecule has 0 spiro atoms. The first-order valence-electron chi connectivity index (χ1n) is 6.56. The summed E-state index contributed by atoms with van der Waals surface area (Å²) in [6.07, 6.45) is 3.86. The average Bonchev–Trinajstić information content (AvgIpc) is 2.69. The zero-order valence-corrected chi connectivity index (χ0v) is 11.4. The minimum Gasteiger partial charge on any atom is -0.384 e. The summed E-state index contributed by atoms with van der Waals surface area (Å²) in [7, 11) is 0. The molecule has 1 N–H and O–H groups in total. The Hall–Kier alpha value is -1.58. The van der Waals surface area contributed by atoms with E-state index in [0.29, 0.717) is 5.69 Å². The van der Waals surface area contributed by atoms with Gasteiger partial charge >= 0.3 is 0 Å². The molecule has 0 radical (unpaired) electrons. The lowest BCUT2D eigenvalue weighted by atomic mass is 10.0. The molecule has 1 amide bonds. The van der Waals surface area contributed by atoms with E-state index in [0.717, 1.165) is 31.6 Å². The molecule has 2 heterocycles. The first kappa shape index (κ1) is 12.9. The van der Waals surface area contributed by atoms with Gasteiger partial charge in [-0.25, -0.2) is 4.98 Å². The second-order valence-electron chi connectivity index (χ2n) is 5.34. The minimum absolute atomic E-state index is 0.0422. The fourth-order valence-corrected chi connectivity index (χ4v) is 2.45. The van der Waals surface area contributed by atoms with Gasteiger partial charge in [-0.2, -0.15) is 0 Å². The summed E-state index contributed by atoms with van der Waals surface area (Å²) in [4.78, 5) is 18.6. The van der Waals surface area contributed by atoms with Crippen molar-refractivity contribution in [3.05, 3.63) is 24.0 Å². The lowest BCUT2D eigenvalue weighted by molar-refractivity contribution is 0.0646. The van der Waals surface area contributed by atoms with Crippen LogP contribution in [0, 0.1) is 0 Å². The number of amides is 1. The quantitative estimate of drug-likeness (QED) is 0.892. The third-order valence-corrected chi connectivity index (χ3v) is 3.51. The van der Waals surface area contributed by atoms with Crippen molar-refractivity contribution in [1.29, 1.82) is 0 Å². The van der Waals surface area contributed by atoms with E-state index in [4.69, 9.17) is 0 Å². The third kappa shape index (κ3) is 2.47. The first-order chi connectivity index (χ1) is 8.54. The van der Waals surface area contributed by atoms with Gasteiger partial charge in [0, 0.05) is 18.6 Å². The Bertz CT molecular complexity index is 425. The Labute approximate surface area is 108 Å². The molecule has 4 nitrogen and oxygen atoms in total. The van der Waals surface area contributed by atoms with E-state index in [1.165, 1.54) is 0 Å². The number of nitrogens with zero attached hydrogens (tertiary/aromatic N) is 2. The highest BCUT2D eigenvalue weighted by Gasteiger charge is 2.36. The summed E-state index contributed by atoms with van der Waals surface area (Å²) in [5, 5.41) is 3.17. The van der Waals surface area contributed by atoms with Crippen LogP contribution in [0.3, 0.4) is 0 Å². The van der Waals surface area contributed by atoms with E-state index in [2.05, 4.69) is 24.1 Å². The standard InChI is InChI=1S/C14H21N3O/c1-4-15-11-6-7-12(16-10-11)13(18)17-9-5-8-14(17,2)3/h6-7,10,15H,4-5,8-9H2,1-3H3. The first-order valence-corrected chi connectivity index (χ1v) is 6.56. The van der Waals surface area contributed by atoms with Gasteiger partial charge in [0.05, 0.1) is 11.9 Å². The van der Waals surface area contributed by atoms with Crippen LogP contribution in [0.2, 0.25) is 0 Å². The summed E-state index contributed by atoms with van der Waals surface area (Å²) in [5.74, 6) is 0.0422. The molecule has 0 saturated carbocycles. The van der Waals surface area contributed by atoms with Crippen molar-refractivity contribution in [1.82, 2.24) is 9.88 Å². The summed E-state index contributed by atoms with van der Waals surface area (Å²) in [6.45, 7) is 7.96. The Kier molecular flexibility index (Phi) is 3.55. The number of hydrogen-bond acceptors (Lipinski definition) is 3. The van der Waals surface area contributed by atoms with Crippen LogP contribution in [0.5, 0.6) is 0 Å². The molecule has 0 atom stereocenters. The lowest BCUT2D eigenvalue weighted by Crippen LogP contribution is -2.42. The molecule has 98 valence electrons. The van der Waals surface area contributed by atoms with Crippen molar-refractivity contribution in [3.8, 4) is 0 Å². The Morgan fingerprint density at radius 1 is 1.50 bits per heavy atom. The van der Waals surface area contributed by atoms with E-state index in [9.17, 15) is 4.79 Å². The number of carbonyl (C=O) groups excluding carboxylic acids is 1. The van der Waals surface area contributed by atoms with Crippen LogP contribution >= 0.6 is 0 Å². The molecule has 18 heavy (non-hydrogen) atoms. The number of rotatable bonds is 3. The van der Waals surface area contributed by atoms with Crippen molar-refractivity contribution < 1.29 is 4.79 Å². The van der Waals surface area contributed by atoms with E-state index in [1.54, 1.807) is 12.3 Å². The molecule has 0 unspecified atom stereocenters. The lowest BCUT2D eigenvalue weighted by Gasteiger charge is -2.31. The van der Waals surface area contributed by atoms with Gasteiger partial charge < -0.3 is 10.2 Å². The second kappa shape index (κ2) is 4.96. The fourth-order valence-electron chi connectivity index (χ4n) is 2.45. The molecule has 2 rings (SSSR count). The molecule has 0 aromatic carbocycles. The topological polar surface area (TPSA) is 45.2 Å². The van der Waals surface area contributed by atoms with Gasteiger partial charge in [0.25, 0.3) is 5.91 Å². The van der Waals surface area contributed by atoms with Gasteiger partial charge in [-0.05, 0) is 45.7 Å². The Balaban J connectivity index is 2.14. The normalized spacial score (nSPS) is 17.8. The van der Waals surface area contributed by atoms with Gasteiger partial charge in [0.15, 0.2) is 0 Å². The number of pyridine rings is 1. The maximum atomic E-state index is 12.4. The summed E-state index contributed by atoms with van der Waals surface area (Å²) in [6, 6.07) is 3.71. The monoisotopic (exact) mass is 247 g/mol. The molecule has 0 bridgehead atoms. The Morgan fingerprint density at radius 2 is 2.28 bits per heavy atom. The smallest absolute Gasteiger partial charge is 0.272 e. The van der Waals surface area contributed by atoms with Crippen LogP contribution < -0.4 is 5.32 Å². The predicted octanol–water partition coefficient (Wildman–Crippen LogP) is 2.53. The SMILES string of the molecule is CCNc1ccc(C(=O)N2CCCC2(C)C)nc1. The molecule has 1 aliphatic heterocycles.